The maximum atomic E-state index is 12.4. The van der Waals surface area contributed by atoms with Gasteiger partial charge in [-0.15, -0.1) is 11.3 Å². The first-order valence-electron chi connectivity index (χ1n) is 10.8. The van der Waals surface area contributed by atoms with Gasteiger partial charge in [0.25, 0.3) is 5.91 Å². The highest BCUT2D eigenvalue weighted by Gasteiger charge is 2.13. The van der Waals surface area contributed by atoms with Crippen LogP contribution in [0.5, 0.6) is 11.5 Å². The van der Waals surface area contributed by atoms with E-state index in [1.807, 2.05) is 62.4 Å². The van der Waals surface area contributed by atoms with Crippen molar-refractivity contribution < 1.29 is 14.3 Å². The predicted molar refractivity (Wildman–Crippen MR) is 134 cm³/mol. The SMILES string of the molecule is CCOc1ccc(-c2nc(NC(=O)COc3ccc(-c4ccc(C)cc4)cc3)sc2C)cc1. The van der Waals surface area contributed by atoms with Crippen LogP contribution in [0.1, 0.15) is 17.4 Å². The first kappa shape index (κ1) is 22.6. The van der Waals surface area contributed by atoms with Crippen LogP contribution in [0.2, 0.25) is 0 Å². The van der Waals surface area contributed by atoms with Crippen LogP contribution in [0, 0.1) is 13.8 Å². The molecule has 0 unspecified atom stereocenters. The molecule has 0 atom stereocenters. The zero-order valence-corrected chi connectivity index (χ0v) is 19.7. The summed E-state index contributed by atoms with van der Waals surface area (Å²) in [6.45, 7) is 6.56. The van der Waals surface area contributed by atoms with E-state index >= 15 is 0 Å². The highest BCUT2D eigenvalue weighted by atomic mass is 32.1. The highest BCUT2D eigenvalue weighted by molar-refractivity contribution is 7.16. The number of ether oxygens (including phenoxy) is 2. The Morgan fingerprint density at radius 1 is 0.818 bits per heavy atom. The molecule has 4 rings (SSSR count). The molecular weight excluding hydrogens is 432 g/mol. The second kappa shape index (κ2) is 10.3. The van der Waals surface area contributed by atoms with Gasteiger partial charge < -0.3 is 9.47 Å². The van der Waals surface area contributed by atoms with Gasteiger partial charge in [0.1, 0.15) is 11.5 Å². The lowest BCUT2D eigenvalue weighted by Crippen LogP contribution is -2.20. The Hall–Kier alpha value is -3.64. The van der Waals surface area contributed by atoms with Crippen LogP contribution in [0.3, 0.4) is 0 Å². The summed E-state index contributed by atoms with van der Waals surface area (Å²) in [5.74, 6) is 1.22. The number of rotatable bonds is 8. The number of hydrogen-bond acceptors (Lipinski definition) is 5. The quantitative estimate of drug-likeness (QED) is 0.327. The molecule has 0 fully saturated rings. The van der Waals surface area contributed by atoms with Crippen molar-refractivity contribution in [3.8, 4) is 33.9 Å². The van der Waals surface area contributed by atoms with Gasteiger partial charge in [-0.3, -0.25) is 10.1 Å². The van der Waals surface area contributed by atoms with Crippen LogP contribution in [-0.2, 0) is 4.79 Å². The number of aryl methyl sites for hydroxylation is 2. The van der Waals surface area contributed by atoms with Gasteiger partial charge in [-0.25, -0.2) is 4.98 Å². The van der Waals surface area contributed by atoms with E-state index in [1.54, 1.807) is 0 Å². The number of hydrogen-bond donors (Lipinski definition) is 1. The molecule has 0 spiro atoms. The third kappa shape index (κ3) is 5.79. The molecule has 0 bridgehead atoms. The number of benzene rings is 3. The molecule has 0 aliphatic rings. The molecule has 1 N–H and O–H groups in total. The van der Waals surface area contributed by atoms with Crippen molar-refractivity contribution in [2.45, 2.75) is 20.8 Å². The first-order chi connectivity index (χ1) is 16.0. The maximum Gasteiger partial charge on any atom is 0.264 e. The Morgan fingerprint density at radius 3 is 1.97 bits per heavy atom. The van der Waals surface area contributed by atoms with E-state index < -0.39 is 0 Å². The van der Waals surface area contributed by atoms with E-state index in [4.69, 9.17) is 9.47 Å². The van der Waals surface area contributed by atoms with Crippen LogP contribution in [0.4, 0.5) is 5.13 Å². The Balaban J connectivity index is 1.33. The zero-order chi connectivity index (χ0) is 23.2. The molecule has 0 radical (unpaired) electrons. The summed E-state index contributed by atoms with van der Waals surface area (Å²) >= 11 is 1.44. The van der Waals surface area contributed by atoms with Gasteiger partial charge in [-0.05, 0) is 68.3 Å². The molecular formula is C27H26N2O3S. The third-order valence-electron chi connectivity index (χ3n) is 5.09. The van der Waals surface area contributed by atoms with Crippen molar-refractivity contribution in [2.75, 3.05) is 18.5 Å². The molecule has 33 heavy (non-hydrogen) atoms. The van der Waals surface area contributed by atoms with Gasteiger partial charge >= 0.3 is 0 Å². The van der Waals surface area contributed by atoms with Gasteiger partial charge in [0.05, 0.1) is 12.3 Å². The summed E-state index contributed by atoms with van der Waals surface area (Å²) in [6, 6.07) is 23.9. The highest BCUT2D eigenvalue weighted by Crippen LogP contribution is 2.31. The number of nitrogens with zero attached hydrogens (tertiary/aromatic N) is 1. The molecule has 168 valence electrons. The van der Waals surface area contributed by atoms with E-state index in [0.717, 1.165) is 33.0 Å². The number of thiazole rings is 1. The second-order valence-corrected chi connectivity index (χ2v) is 8.81. The fourth-order valence-corrected chi connectivity index (χ4v) is 4.24. The van der Waals surface area contributed by atoms with Gasteiger partial charge in [0.15, 0.2) is 11.7 Å². The Kier molecular flexibility index (Phi) is 7.05. The van der Waals surface area contributed by atoms with Crippen LogP contribution >= 0.6 is 11.3 Å². The monoisotopic (exact) mass is 458 g/mol. The summed E-state index contributed by atoms with van der Waals surface area (Å²) in [4.78, 5) is 18.0. The minimum atomic E-state index is -0.246. The third-order valence-corrected chi connectivity index (χ3v) is 5.98. The van der Waals surface area contributed by atoms with Gasteiger partial charge in [-0.1, -0.05) is 42.0 Å². The normalized spacial score (nSPS) is 10.6. The summed E-state index contributed by atoms with van der Waals surface area (Å²) in [7, 11) is 0. The van der Waals surface area contributed by atoms with Gasteiger partial charge in [-0.2, -0.15) is 0 Å². The largest absolute Gasteiger partial charge is 0.494 e. The molecule has 1 amide bonds. The second-order valence-electron chi connectivity index (χ2n) is 7.61. The van der Waals surface area contributed by atoms with Crippen molar-refractivity contribution in [3.05, 3.63) is 83.2 Å². The van der Waals surface area contributed by atoms with E-state index in [2.05, 4.69) is 41.5 Å². The average Bonchev–Trinajstić information content (AvgIpc) is 3.19. The van der Waals surface area contributed by atoms with Crippen molar-refractivity contribution in [2.24, 2.45) is 0 Å². The topological polar surface area (TPSA) is 60.5 Å². The van der Waals surface area contributed by atoms with Crippen molar-refractivity contribution >= 4 is 22.4 Å². The smallest absolute Gasteiger partial charge is 0.264 e. The van der Waals surface area contributed by atoms with Crippen molar-refractivity contribution in [3.63, 3.8) is 0 Å². The summed E-state index contributed by atoms with van der Waals surface area (Å²) in [5, 5.41) is 3.39. The summed E-state index contributed by atoms with van der Waals surface area (Å²) < 4.78 is 11.2. The Bertz CT molecular complexity index is 1210. The number of anilines is 1. The molecule has 4 aromatic rings. The maximum absolute atomic E-state index is 12.4. The Morgan fingerprint density at radius 2 is 1.36 bits per heavy atom. The molecule has 0 saturated heterocycles. The Labute approximate surface area is 198 Å². The lowest BCUT2D eigenvalue weighted by atomic mass is 10.0. The minimum absolute atomic E-state index is 0.0824. The van der Waals surface area contributed by atoms with Gasteiger partial charge in [0, 0.05) is 10.4 Å². The van der Waals surface area contributed by atoms with Crippen molar-refractivity contribution in [1.82, 2.24) is 4.98 Å². The van der Waals surface area contributed by atoms with E-state index in [0.29, 0.717) is 17.5 Å². The number of amides is 1. The summed E-state index contributed by atoms with van der Waals surface area (Å²) in [5.41, 5.74) is 5.31. The molecule has 0 aliphatic carbocycles. The van der Waals surface area contributed by atoms with E-state index in [1.165, 1.54) is 16.9 Å². The number of nitrogens with one attached hydrogen (secondary N) is 1. The summed E-state index contributed by atoms with van der Waals surface area (Å²) in [6.07, 6.45) is 0. The van der Waals surface area contributed by atoms with Crippen LogP contribution < -0.4 is 14.8 Å². The van der Waals surface area contributed by atoms with Gasteiger partial charge in [0.2, 0.25) is 0 Å². The first-order valence-corrected chi connectivity index (χ1v) is 11.6. The van der Waals surface area contributed by atoms with Crippen LogP contribution in [0.15, 0.2) is 72.8 Å². The standard InChI is InChI=1S/C27H26N2O3S/c1-4-31-23-15-11-22(12-16-23)26-19(3)33-27(29-26)28-25(30)17-32-24-13-9-21(10-14-24)20-7-5-18(2)6-8-20/h5-16H,4,17H2,1-3H3,(H,28,29,30). The molecule has 0 aliphatic heterocycles. The molecule has 1 aromatic heterocycles. The molecule has 5 nitrogen and oxygen atoms in total. The minimum Gasteiger partial charge on any atom is -0.494 e. The number of carbonyl (C=O) groups excluding carboxylic acids is 1. The lowest BCUT2D eigenvalue weighted by molar-refractivity contribution is -0.118. The molecule has 3 aromatic carbocycles. The molecule has 6 heteroatoms. The predicted octanol–water partition coefficient (Wildman–Crippen LogP) is 6.51. The average molecular weight is 459 g/mol. The number of aromatic nitrogens is 1. The van der Waals surface area contributed by atoms with E-state index in [-0.39, 0.29) is 12.5 Å². The lowest BCUT2D eigenvalue weighted by Gasteiger charge is -2.07. The molecule has 0 saturated carbocycles. The molecule has 1 heterocycles. The fraction of sp³-hybridized carbons (Fsp3) is 0.185. The number of carbonyl (C=O) groups is 1. The van der Waals surface area contributed by atoms with Crippen LogP contribution in [-0.4, -0.2) is 24.1 Å². The van der Waals surface area contributed by atoms with Crippen molar-refractivity contribution in [1.29, 1.82) is 0 Å². The fourth-order valence-electron chi connectivity index (χ4n) is 3.39. The van der Waals surface area contributed by atoms with Crippen LogP contribution in [0.25, 0.3) is 22.4 Å². The van der Waals surface area contributed by atoms with E-state index in [9.17, 15) is 4.79 Å². The zero-order valence-electron chi connectivity index (χ0n) is 18.9.